The molecule has 1 heterocycles. The Bertz CT molecular complexity index is 466. The molecule has 1 aliphatic heterocycles. The number of carbonyl (C=O) groups excluding carboxylic acids is 1. The van der Waals surface area contributed by atoms with Crippen molar-refractivity contribution in [2.24, 2.45) is 0 Å². The standard InChI is InChI=1S/C23H42O5S/c1-3-4-5-6-7-8-9-10-11-12-13-14-15-16-17-29-18-19(24)21-22(27-2)20(25)23(26)28-21/h19,21,24-25H,3-18H2,1-2H3. The fourth-order valence-corrected chi connectivity index (χ4v) is 4.61. The number of aliphatic hydroxyl groups is 2. The largest absolute Gasteiger partial charge is 0.499 e. The van der Waals surface area contributed by atoms with E-state index in [4.69, 9.17) is 9.47 Å². The Morgan fingerprint density at radius 1 is 0.931 bits per heavy atom. The van der Waals surface area contributed by atoms with Crippen molar-refractivity contribution >= 4 is 17.7 Å². The van der Waals surface area contributed by atoms with Crippen LogP contribution in [0.15, 0.2) is 11.5 Å². The summed E-state index contributed by atoms with van der Waals surface area (Å²) >= 11 is 1.65. The van der Waals surface area contributed by atoms with Crippen LogP contribution in [0.4, 0.5) is 0 Å². The second-order valence-corrected chi connectivity index (χ2v) is 9.13. The number of methoxy groups -OCH3 is 1. The van der Waals surface area contributed by atoms with E-state index < -0.39 is 23.9 Å². The molecule has 0 fully saturated rings. The third-order valence-corrected chi connectivity index (χ3v) is 6.57. The molecule has 0 spiro atoms. The SMILES string of the molecule is CCCCCCCCCCCCCCCCSCC(O)C1OC(=O)C(O)=C1OC. The van der Waals surface area contributed by atoms with Crippen molar-refractivity contribution in [2.45, 2.75) is 109 Å². The number of unbranched alkanes of at least 4 members (excludes halogenated alkanes) is 13. The first-order chi connectivity index (χ1) is 14.1. The number of hydrogen-bond donors (Lipinski definition) is 2. The first kappa shape index (κ1) is 26.2. The summed E-state index contributed by atoms with van der Waals surface area (Å²) in [5.41, 5.74) is 0. The lowest BCUT2D eigenvalue weighted by Crippen LogP contribution is -2.31. The van der Waals surface area contributed by atoms with Gasteiger partial charge in [0, 0.05) is 5.75 Å². The van der Waals surface area contributed by atoms with Crippen molar-refractivity contribution in [1.82, 2.24) is 0 Å². The van der Waals surface area contributed by atoms with Gasteiger partial charge < -0.3 is 19.7 Å². The van der Waals surface area contributed by atoms with Crippen LogP contribution >= 0.6 is 11.8 Å². The topological polar surface area (TPSA) is 76.0 Å². The van der Waals surface area contributed by atoms with Gasteiger partial charge in [0.2, 0.25) is 5.76 Å². The average molecular weight is 431 g/mol. The predicted octanol–water partition coefficient (Wildman–Crippen LogP) is 5.90. The quantitative estimate of drug-likeness (QED) is 0.196. The monoisotopic (exact) mass is 430 g/mol. The summed E-state index contributed by atoms with van der Waals surface area (Å²) in [6.07, 6.45) is 17.1. The summed E-state index contributed by atoms with van der Waals surface area (Å²) in [5, 5.41) is 19.7. The minimum atomic E-state index is -0.892. The number of hydrogen-bond acceptors (Lipinski definition) is 6. The van der Waals surface area contributed by atoms with E-state index in [0.717, 1.165) is 12.2 Å². The number of aliphatic hydroxyl groups excluding tert-OH is 2. The van der Waals surface area contributed by atoms with Gasteiger partial charge in [-0.1, -0.05) is 90.4 Å². The Morgan fingerprint density at radius 2 is 1.41 bits per heavy atom. The normalized spacial score (nSPS) is 17.6. The maximum Gasteiger partial charge on any atom is 0.378 e. The van der Waals surface area contributed by atoms with Gasteiger partial charge in [-0.3, -0.25) is 0 Å². The van der Waals surface area contributed by atoms with Gasteiger partial charge in [0.1, 0.15) is 6.10 Å². The highest BCUT2D eigenvalue weighted by molar-refractivity contribution is 7.99. The maximum atomic E-state index is 11.4. The third kappa shape index (κ3) is 11.2. The molecule has 0 aliphatic carbocycles. The molecule has 29 heavy (non-hydrogen) atoms. The second kappa shape index (κ2) is 16.9. The van der Waals surface area contributed by atoms with E-state index in [-0.39, 0.29) is 5.76 Å². The van der Waals surface area contributed by atoms with Crippen molar-refractivity contribution in [3.63, 3.8) is 0 Å². The molecule has 1 rings (SSSR count). The summed E-state index contributed by atoms with van der Waals surface area (Å²) in [7, 11) is 1.36. The summed E-state index contributed by atoms with van der Waals surface area (Å²) in [6.45, 7) is 2.27. The molecule has 0 saturated carbocycles. The van der Waals surface area contributed by atoms with Crippen LogP contribution in [0.1, 0.15) is 96.8 Å². The molecule has 0 aromatic heterocycles. The summed E-state index contributed by atoms with van der Waals surface area (Å²) in [5.74, 6) is 0.0978. The molecule has 170 valence electrons. The van der Waals surface area contributed by atoms with E-state index in [2.05, 4.69) is 6.92 Å². The minimum Gasteiger partial charge on any atom is -0.499 e. The molecule has 0 aromatic carbocycles. The van der Waals surface area contributed by atoms with Gasteiger partial charge in [-0.25, -0.2) is 4.79 Å². The van der Waals surface area contributed by atoms with E-state index in [1.807, 2.05) is 0 Å². The number of esters is 1. The van der Waals surface area contributed by atoms with Gasteiger partial charge in [-0.15, -0.1) is 0 Å². The van der Waals surface area contributed by atoms with E-state index >= 15 is 0 Å². The smallest absolute Gasteiger partial charge is 0.378 e. The first-order valence-electron chi connectivity index (χ1n) is 11.6. The van der Waals surface area contributed by atoms with Gasteiger partial charge in [-0.2, -0.15) is 11.8 Å². The Hall–Kier alpha value is -0.880. The van der Waals surface area contributed by atoms with E-state index in [0.29, 0.717) is 5.75 Å². The van der Waals surface area contributed by atoms with E-state index in [1.54, 1.807) is 11.8 Å². The van der Waals surface area contributed by atoms with Crippen LogP contribution in [0.2, 0.25) is 0 Å². The van der Waals surface area contributed by atoms with Crippen LogP contribution < -0.4 is 0 Å². The van der Waals surface area contributed by atoms with Crippen LogP contribution in [0.3, 0.4) is 0 Å². The first-order valence-corrected chi connectivity index (χ1v) is 12.7. The lowest BCUT2D eigenvalue weighted by Gasteiger charge is -2.18. The van der Waals surface area contributed by atoms with Crippen LogP contribution in [0, 0.1) is 0 Å². The molecule has 0 aromatic rings. The fraction of sp³-hybridized carbons (Fsp3) is 0.870. The van der Waals surface area contributed by atoms with Crippen molar-refractivity contribution in [3.05, 3.63) is 11.5 Å². The molecule has 2 N–H and O–H groups in total. The molecule has 1 aliphatic rings. The van der Waals surface area contributed by atoms with Crippen LogP contribution in [-0.2, 0) is 14.3 Å². The molecule has 0 bridgehead atoms. The fourth-order valence-electron chi connectivity index (χ4n) is 3.62. The number of thioether (sulfide) groups is 1. The van der Waals surface area contributed by atoms with Crippen molar-refractivity contribution in [1.29, 1.82) is 0 Å². The molecule has 0 amide bonds. The number of cyclic esters (lactones) is 1. The third-order valence-electron chi connectivity index (χ3n) is 5.42. The number of carbonyl (C=O) groups is 1. The van der Waals surface area contributed by atoms with Crippen LogP contribution in [0.25, 0.3) is 0 Å². The zero-order valence-corrected chi connectivity index (χ0v) is 19.3. The molecule has 2 atom stereocenters. The highest BCUT2D eigenvalue weighted by atomic mass is 32.2. The zero-order chi connectivity index (χ0) is 21.3. The number of ether oxygens (including phenoxy) is 2. The van der Waals surface area contributed by atoms with Crippen LogP contribution in [0.5, 0.6) is 0 Å². The zero-order valence-electron chi connectivity index (χ0n) is 18.5. The lowest BCUT2D eigenvalue weighted by atomic mass is 10.0. The molecule has 2 unspecified atom stereocenters. The molecule has 0 saturated heterocycles. The maximum absolute atomic E-state index is 11.4. The molecular formula is C23H42O5S. The van der Waals surface area contributed by atoms with Crippen LogP contribution in [-0.4, -0.2) is 47.0 Å². The average Bonchev–Trinajstić information content (AvgIpc) is 3.01. The molecule has 5 nitrogen and oxygen atoms in total. The Labute approximate surface area is 181 Å². The minimum absolute atomic E-state index is 0.0274. The van der Waals surface area contributed by atoms with Crippen molar-refractivity contribution in [3.8, 4) is 0 Å². The van der Waals surface area contributed by atoms with E-state index in [9.17, 15) is 15.0 Å². The predicted molar refractivity (Wildman–Crippen MR) is 120 cm³/mol. The van der Waals surface area contributed by atoms with Gasteiger partial charge >= 0.3 is 5.97 Å². The van der Waals surface area contributed by atoms with E-state index in [1.165, 1.54) is 90.6 Å². The van der Waals surface area contributed by atoms with Crippen molar-refractivity contribution < 1.29 is 24.5 Å². The lowest BCUT2D eigenvalue weighted by molar-refractivity contribution is -0.146. The highest BCUT2D eigenvalue weighted by Crippen LogP contribution is 2.26. The Morgan fingerprint density at radius 3 is 1.90 bits per heavy atom. The Balaban J connectivity index is 1.87. The Kier molecular flexibility index (Phi) is 15.2. The summed E-state index contributed by atoms with van der Waals surface area (Å²) < 4.78 is 9.94. The molecule has 0 radical (unpaired) electrons. The summed E-state index contributed by atoms with van der Waals surface area (Å²) in [6, 6.07) is 0. The van der Waals surface area contributed by atoms with Gasteiger partial charge in [0.15, 0.2) is 11.9 Å². The second-order valence-electron chi connectivity index (χ2n) is 7.98. The number of rotatable bonds is 19. The van der Waals surface area contributed by atoms with Crippen molar-refractivity contribution in [2.75, 3.05) is 18.6 Å². The van der Waals surface area contributed by atoms with Gasteiger partial charge in [0.05, 0.1) is 7.11 Å². The summed E-state index contributed by atoms with van der Waals surface area (Å²) in [4.78, 5) is 11.4. The highest BCUT2D eigenvalue weighted by Gasteiger charge is 2.40. The molecule has 6 heteroatoms. The van der Waals surface area contributed by atoms with Gasteiger partial charge in [-0.05, 0) is 12.2 Å². The van der Waals surface area contributed by atoms with Gasteiger partial charge in [0.25, 0.3) is 0 Å². The molecular weight excluding hydrogens is 388 g/mol.